The van der Waals surface area contributed by atoms with Gasteiger partial charge in [-0.15, -0.1) is 11.3 Å². The lowest BCUT2D eigenvalue weighted by Crippen LogP contribution is -2.25. The molecule has 2 heterocycles. The number of carbonyl (C=O) groups excluding carboxylic acids is 1. The van der Waals surface area contributed by atoms with Crippen molar-refractivity contribution < 1.29 is 13.2 Å². The van der Waals surface area contributed by atoms with Crippen LogP contribution in [0, 0.1) is 0 Å². The van der Waals surface area contributed by atoms with Crippen molar-refractivity contribution in [1.82, 2.24) is 4.57 Å². The van der Waals surface area contributed by atoms with E-state index in [1.54, 1.807) is 34.3 Å². The summed E-state index contributed by atoms with van der Waals surface area (Å²) in [6, 6.07) is 4.83. The zero-order valence-corrected chi connectivity index (χ0v) is 12.2. The molecule has 2 aromatic heterocycles. The molecule has 102 valence electrons. The Kier molecular flexibility index (Phi) is 3.77. The summed E-state index contributed by atoms with van der Waals surface area (Å²) >= 11 is 1.17. The highest BCUT2D eigenvalue weighted by molar-refractivity contribution is 7.94. The molecule has 0 aliphatic carbocycles. The topological polar surface area (TPSA) is 59.4 Å². The fourth-order valence-corrected chi connectivity index (χ4v) is 4.07. The summed E-state index contributed by atoms with van der Waals surface area (Å²) in [4.78, 5) is 10.9. The van der Waals surface area contributed by atoms with E-state index in [9.17, 15) is 13.2 Å². The van der Waals surface area contributed by atoms with E-state index < -0.39 is 10.0 Å². The van der Waals surface area contributed by atoms with Crippen LogP contribution < -0.4 is 4.31 Å². The first-order valence-electron chi connectivity index (χ1n) is 5.68. The minimum atomic E-state index is -3.55. The molecule has 0 aromatic carbocycles. The summed E-state index contributed by atoms with van der Waals surface area (Å²) in [7, 11) is -2.06. The molecule has 7 heteroatoms. The maximum Gasteiger partial charge on any atom is 0.273 e. The van der Waals surface area contributed by atoms with Crippen molar-refractivity contribution in [2.75, 3.05) is 11.4 Å². The van der Waals surface area contributed by atoms with Gasteiger partial charge in [0.1, 0.15) is 4.21 Å². The zero-order valence-electron chi connectivity index (χ0n) is 10.6. The number of carbonyl (C=O) groups is 1. The Morgan fingerprint density at radius 1 is 1.47 bits per heavy atom. The maximum absolute atomic E-state index is 12.3. The lowest BCUT2D eigenvalue weighted by Gasteiger charge is -2.16. The molecule has 0 spiro atoms. The van der Waals surface area contributed by atoms with Crippen LogP contribution in [0.2, 0.25) is 0 Å². The quantitative estimate of drug-likeness (QED) is 0.795. The van der Waals surface area contributed by atoms with Gasteiger partial charge in [-0.1, -0.05) is 6.07 Å². The van der Waals surface area contributed by atoms with Gasteiger partial charge in [0.2, 0.25) is 0 Å². The molecule has 0 radical (unpaired) electrons. The van der Waals surface area contributed by atoms with Gasteiger partial charge in [0.25, 0.3) is 10.0 Å². The predicted molar refractivity (Wildman–Crippen MR) is 75.4 cm³/mol. The van der Waals surface area contributed by atoms with Crippen LogP contribution in [0.4, 0.5) is 5.69 Å². The molecule has 0 bridgehead atoms. The summed E-state index contributed by atoms with van der Waals surface area (Å²) in [6.07, 6.45) is 2.38. The normalized spacial score (nSPS) is 11.5. The van der Waals surface area contributed by atoms with E-state index in [-0.39, 0.29) is 4.21 Å². The lowest BCUT2D eigenvalue weighted by atomic mass is 10.4. The van der Waals surface area contributed by atoms with Gasteiger partial charge in [0.15, 0.2) is 6.29 Å². The van der Waals surface area contributed by atoms with E-state index in [2.05, 4.69) is 0 Å². The molecular weight excluding hydrogens is 284 g/mol. The smallest absolute Gasteiger partial charge is 0.273 e. The average Bonchev–Trinajstić information content (AvgIpc) is 3.06. The predicted octanol–water partition coefficient (Wildman–Crippen LogP) is 2.21. The van der Waals surface area contributed by atoms with Gasteiger partial charge in [0.05, 0.1) is 11.4 Å². The molecule has 5 nitrogen and oxygen atoms in total. The third-order valence-electron chi connectivity index (χ3n) is 2.85. The number of sulfonamides is 1. The van der Waals surface area contributed by atoms with E-state index in [1.807, 2.05) is 6.92 Å². The number of nitrogens with zero attached hydrogens (tertiary/aromatic N) is 2. The van der Waals surface area contributed by atoms with Crippen LogP contribution >= 0.6 is 11.3 Å². The number of thiophene rings is 1. The SMILES string of the molecule is CCn1cc(N(C)S(=O)(=O)c2cccs2)cc1C=O. The molecular formula is C12H14N2O3S2. The van der Waals surface area contributed by atoms with Crippen molar-refractivity contribution >= 4 is 33.3 Å². The molecule has 0 amide bonds. The number of rotatable bonds is 5. The summed E-state index contributed by atoms with van der Waals surface area (Å²) in [5, 5.41) is 1.72. The largest absolute Gasteiger partial charge is 0.343 e. The Morgan fingerprint density at radius 2 is 2.21 bits per heavy atom. The van der Waals surface area contributed by atoms with E-state index in [0.717, 1.165) is 6.29 Å². The number of hydrogen-bond acceptors (Lipinski definition) is 4. The molecule has 0 aliphatic rings. The van der Waals surface area contributed by atoms with Crippen LogP contribution in [-0.4, -0.2) is 26.3 Å². The second-order valence-electron chi connectivity index (χ2n) is 3.93. The molecule has 2 aromatic rings. The summed E-state index contributed by atoms with van der Waals surface area (Å²) < 4.78 is 27.8. The van der Waals surface area contributed by atoms with Crippen LogP contribution in [0.3, 0.4) is 0 Å². The van der Waals surface area contributed by atoms with Crippen molar-refractivity contribution in [2.24, 2.45) is 0 Å². The van der Waals surface area contributed by atoms with Crippen LogP contribution in [0.25, 0.3) is 0 Å². The molecule has 0 saturated heterocycles. The third kappa shape index (κ3) is 2.43. The Balaban J connectivity index is 2.42. The van der Waals surface area contributed by atoms with Crippen molar-refractivity contribution in [3.8, 4) is 0 Å². The van der Waals surface area contributed by atoms with Gasteiger partial charge in [-0.25, -0.2) is 8.42 Å². The number of hydrogen-bond donors (Lipinski definition) is 0. The van der Waals surface area contributed by atoms with E-state index in [1.165, 1.54) is 22.7 Å². The summed E-state index contributed by atoms with van der Waals surface area (Å²) in [6.45, 7) is 2.51. The molecule has 0 saturated carbocycles. The van der Waals surface area contributed by atoms with Gasteiger partial charge in [0, 0.05) is 19.8 Å². The molecule has 0 unspecified atom stereocenters. The first-order chi connectivity index (χ1) is 9.00. The summed E-state index contributed by atoms with van der Waals surface area (Å²) in [5.41, 5.74) is 0.947. The minimum absolute atomic E-state index is 0.284. The van der Waals surface area contributed by atoms with Gasteiger partial charge < -0.3 is 4.57 Å². The second-order valence-corrected chi connectivity index (χ2v) is 7.08. The molecule has 0 N–H and O–H groups in total. The second kappa shape index (κ2) is 5.18. The Labute approximate surface area is 116 Å². The van der Waals surface area contributed by atoms with Crippen LogP contribution in [0.15, 0.2) is 34.0 Å². The molecule has 19 heavy (non-hydrogen) atoms. The van der Waals surface area contributed by atoms with Gasteiger partial charge in [-0.05, 0) is 24.4 Å². The first kappa shape index (κ1) is 13.8. The fourth-order valence-electron chi connectivity index (χ4n) is 1.74. The Hall–Kier alpha value is -1.60. The van der Waals surface area contributed by atoms with E-state index in [4.69, 9.17) is 0 Å². The Morgan fingerprint density at radius 3 is 2.68 bits per heavy atom. The number of aryl methyl sites for hydroxylation is 1. The van der Waals surface area contributed by atoms with Crippen molar-refractivity contribution in [2.45, 2.75) is 17.7 Å². The van der Waals surface area contributed by atoms with Crippen LogP contribution in [-0.2, 0) is 16.6 Å². The van der Waals surface area contributed by atoms with Gasteiger partial charge in [-0.3, -0.25) is 9.10 Å². The monoisotopic (exact) mass is 298 g/mol. The van der Waals surface area contributed by atoms with E-state index >= 15 is 0 Å². The average molecular weight is 298 g/mol. The molecule has 0 atom stereocenters. The molecule has 2 rings (SSSR count). The van der Waals surface area contributed by atoms with Crippen molar-refractivity contribution in [3.63, 3.8) is 0 Å². The highest BCUT2D eigenvalue weighted by Gasteiger charge is 2.23. The maximum atomic E-state index is 12.3. The van der Waals surface area contributed by atoms with Crippen molar-refractivity contribution in [3.05, 3.63) is 35.5 Å². The van der Waals surface area contributed by atoms with Crippen LogP contribution in [0.5, 0.6) is 0 Å². The minimum Gasteiger partial charge on any atom is -0.343 e. The number of aromatic nitrogens is 1. The standard InChI is InChI=1S/C12H14N2O3S2/c1-3-14-8-10(7-11(14)9-15)13(2)19(16,17)12-5-4-6-18-12/h4-9H,3H2,1-2H3. The van der Waals surface area contributed by atoms with Crippen molar-refractivity contribution in [1.29, 1.82) is 0 Å². The lowest BCUT2D eigenvalue weighted by molar-refractivity contribution is 0.111. The fraction of sp³-hybridized carbons (Fsp3) is 0.250. The first-order valence-corrected chi connectivity index (χ1v) is 8.00. The highest BCUT2D eigenvalue weighted by atomic mass is 32.2. The van der Waals surface area contributed by atoms with Crippen LogP contribution in [0.1, 0.15) is 17.4 Å². The Bertz CT molecular complexity index is 672. The number of anilines is 1. The van der Waals surface area contributed by atoms with Gasteiger partial charge in [-0.2, -0.15) is 0 Å². The summed E-state index contributed by atoms with van der Waals surface area (Å²) in [5.74, 6) is 0. The zero-order chi connectivity index (χ0) is 14.0. The molecule has 0 fully saturated rings. The van der Waals surface area contributed by atoms with Gasteiger partial charge >= 0.3 is 0 Å². The molecule has 0 aliphatic heterocycles. The highest BCUT2D eigenvalue weighted by Crippen LogP contribution is 2.26. The third-order valence-corrected chi connectivity index (χ3v) is 6.01. The van der Waals surface area contributed by atoms with E-state index in [0.29, 0.717) is 17.9 Å². The number of aldehydes is 1.